The van der Waals surface area contributed by atoms with Gasteiger partial charge in [0.2, 0.25) is 0 Å². The molecule has 1 unspecified atom stereocenters. The van der Waals surface area contributed by atoms with Crippen LogP contribution in [0.4, 0.5) is 0 Å². The molecule has 1 aliphatic heterocycles. The second kappa shape index (κ2) is 6.17. The van der Waals surface area contributed by atoms with E-state index in [-0.39, 0.29) is 5.92 Å². The van der Waals surface area contributed by atoms with Crippen molar-refractivity contribution in [2.75, 3.05) is 7.11 Å². The van der Waals surface area contributed by atoms with Crippen molar-refractivity contribution in [3.05, 3.63) is 101 Å². The van der Waals surface area contributed by atoms with Crippen LogP contribution in [0.5, 0.6) is 17.2 Å². The molecule has 27 heavy (non-hydrogen) atoms. The third-order valence-electron chi connectivity index (χ3n) is 5.36. The van der Waals surface area contributed by atoms with Crippen LogP contribution in [0.15, 0.2) is 78.9 Å². The first kappa shape index (κ1) is 16.0. The molecule has 1 heterocycles. The highest BCUT2D eigenvalue weighted by Crippen LogP contribution is 2.50. The molecule has 4 aromatic rings. The van der Waals surface area contributed by atoms with E-state index < -0.39 is 0 Å². The zero-order chi connectivity index (χ0) is 18.4. The first-order chi connectivity index (χ1) is 13.2. The van der Waals surface area contributed by atoms with Gasteiger partial charge in [-0.25, -0.2) is 0 Å². The molecule has 2 heteroatoms. The molecule has 0 saturated carbocycles. The van der Waals surface area contributed by atoms with E-state index in [0.29, 0.717) is 0 Å². The number of hydrogen-bond donors (Lipinski definition) is 0. The largest absolute Gasteiger partial charge is 0.497 e. The van der Waals surface area contributed by atoms with E-state index in [1.54, 1.807) is 7.11 Å². The molecule has 0 aromatic heterocycles. The predicted molar refractivity (Wildman–Crippen MR) is 109 cm³/mol. The summed E-state index contributed by atoms with van der Waals surface area (Å²) in [5.74, 6) is 2.86. The van der Waals surface area contributed by atoms with Gasteiger partial charge < -0.3 is 9.47 Å². The van der Waals surface area contributed by atoms with Crippen molar-refractivity contribution in [2.45, 2.75) is 12.8 Å². The maximum Gasteiger partial charge on any atom is 0.132 e. The Hall–Kier alpha value is -3.26. The lowest BCUT2D eigenvalue weighted by molar-refractivity contribution is 0.414. The van der Waals surface area contributed by atoms with Gasteiger partial charge in [0.1, 0.15) is 17.2 Å². The Morgan fingerprint density at radius 1 is 0.815 bits per heavy atom. The van der Waals surface area contributed by atoms with Gasteiger partial charge in [0, 0.05) is 17.0 Å². The molecular formula is C25H20O2. The zero-order valence-corrected chi connectivity index (χ0v) is 15.4. The van der Waals surface area contributed by atoms with E-state index in [1.165, 1.54) is 33.0 Å². The van der Waals surface area contributed by atoms with Gasteiger partial charge in [0.15, 0.2) is 0 Å². The molecule has 1 atom stereocenters. The van der Waals surface area contributed by atoms with Crippen molar-refractivity contribution >= 4 is 10.8 Å². The van der Waals surface area contributed by atoms with Gasteiger partial charge in [0.25, 0.3) is 0 Å². The Labute approximate surface area is 159 Å². The first-order valence-electron chi connectivity index (χ1n) is 9.18. The second-order valence-corrected chi connectivity index (χ2v) is 7.05. The van der Waals surface area contributed by atoms with Crippen LogP contribution in [0, 0.1) is 6.92 Å². The lowest BCUT2D eigenvalue weighted by atomic mass is 9.80. The summed E-state index contributed by atoms with van der Waals surface area (Å²) in [7, 11) is 1.70. The number of methoxy groups -OCH3 is 1. The molecule has 0 radical (unpaired) electrons. The van der Waals surface area contributed by atoms with Crippen molar-refractivity contribution in [1.29, 1.82) is 0 Å². The fraction of sp³-hybridized carbons (Fsp3) is 0.120. The van der Waals surface area contributed by atoms with Gasteiger partial charge in [-0.1, -0.05) is 60.2 Å². The van der Waals surface area contributed by atoms with Crippen molar-refractivity contribution < 1.29 is 9.47 Å². The molecule has 2 nitrogen and oxygen atoms in total. The maximum absolute atomic E-state index is 6.31. The highest BCUT2D eigenvalue weighted by molar-refractivity contribution is 5.90. The van der Waals surface area contributed by atoms with Crippen LogP contribution in [0.3, 0.4) is 0 Å². The van der Waals surface area contributed by atoms with Gasteiger partial charge in [-0.2, -0.15) is 0 Å². The van der Waals surface area contributed by atoms with Crippen molar-refractivity contribution in [2.24, 2.45) is 0 Å². The minimum absolute atomic E-state index is 0.126. The van der Waals surface area contributed by atoms with Gasteiger partial charge in [-0.05, 0) is 47.5 Å². The first-order valence-corrected chi connectivity index (χ1v) is 9.18. The van der Waals surface area contributed by atoms with E-state index in [4.69, 9.17) is 9.47 Å². The monoisotopic (exact) mass is 352 g/mol. The van der Waals surface area contributed by atoms with E-state index in [1.807, 2.05) is 12.1 Å². The molecule has 4 aromatic carbocycles. The van der Waals surface area contributed by atoms with Crippen LogP contribution in [0.1, 0.15) is 28.2 Å². The Morgan fingerprint density at radius 3 is 2.41 bits per heavy atom. The summed E-state index contributed by atoms with van der Waals surface area (Å²) in [6.45, 7) is 2.13. The quantitative estimate of drug-likeness (QED) is 0.364. The lowest BCUT2D eigenvalue weighted by Gasteiger charge is -2.30. The molecule has 0 spiro atoms. The normalized spacial score (nSPS) is 15.0. The highest BCUT2D eigenvalue weighted by atomic mass is 16.5. The average molecular weight is 352 g/mol. The molecule has 0 fully saturated rings. The highest BCUT2D eigenvalue weighted by Gasteiger charge is 2.30. The van der Waals surface area contributed by atoms with E-state index in [0.717, 1.165) is 17.2 Å². The van der Waals surface area contributed by atoms with Crippen LogP contribution in [-0.2, 0) is 0 Å². The SMILES string of the molecule is COc1ccc(C2c3cc(C)ccc3Oc3ccc4ccccc4c32)cc1. The predicted octanol–water partition coefficient (Wildman–Crippen LogP) is 6.44. The van der Waals surface area contributed by atoms with Crippen LogP contribution in [0.2, 0.25) is 0 Å². The molecule has 0 amide bonds. The van der Waals surface area contributed by atoms with Crippen LogP contribution >= 0.6 is 0 Å². The topological polar surface area (TPSA) is 18.5 Å². The van der Waals surface area contributed by atoms with E-state index in [9.17, 15) is 0 Å². The molecule has 1 aliphatic rings. The van der Waals surface area contributed by atoms with Gasteiger partial charge in [-0.3, -0.25) is 0 Å². The number of ether oxygens (including phenoxy) is 2. The molecule has 0 N–H and O–H groups in total. The van der Waals surface area contributed by atoms with E-state index in [2.05, 4.69) is 73.7 Å². The summed E-state index contributed by atoms with van der Waals surface area (Å²) in [5.41, 5.74) is 4.92. The summed E-state index contributed by atoms with van der Waals surface area (Å²) < 4.78 is 11.7. The lowest BCUT2D eigenvalue weighted by Crippen LogP contribution is -2.12. The Bertz CT molecular complexity index is 1140. The summed E-state index contributed by atoms with van der Waals surface area (Å²) in [5, 5.41) is 2.47. The Kier molecular flexibility index (Phi) is 3.64. The number of benzene rings is 4. The standard InChI is InChI=1S/C25H20O2/c1-16-7-13-22-21(15-16)24(18-8-11-19(26-2)12-9-18)25-20-6-4-3-5-17(20)10-14-23(25)27-22/h3-15,24H,1-2H3. The smallest absolute Gasteiger partial charge is 0.132 e. The van der Waals surface area contributed by atoms with Crippen molar-refractivity contribution in [1.82, 2.24) is 0 Å². The fourth-order valence-electron chi connectivity index (χ4n) is 4.07. The van der Waals surface area contributed by atoms with Crippen molar-refractivity contribution in [3.63, 3.8) is 0 Å². The van der Waals surface area contributed by atoms with Gasteiger partial charge in [-0.15, -0.1) is 0 Å². The van der Waals surface area contributed by atoms with Crippen LogP contribution < -0.4 is 9.47 Å². The summed E-state index contributed by atoms with van der Waals surface area (Å²) >= 11 is 0. The third kappa shape index (κ3) is 2.57. The number of rotatable bonds is 2. The summed E-state index contributed by atoms with van der Waals surface area (Å²) in [6.07, 6.45) is 0. The Morgan fingerprint density at radius 2 is 1.59 bits per heavy atom. The van der Waals surface area contributed by atoms with Crippen molar-refractivity contribution in [3.8, 4) is 17.2 Å². The molecule has 0 aliphatic carbocycles. The van der Waals surface area contributed by atoms with Gasteiger partial charge in [0.05, 0.1) is 7.11 Å². The fourth-order valence-corrected chi connectivity index (χ4v) is 4.07. The molecular weight excluding hydrogens is 332 g/mol. The Balaban J connectivity index is 1.82. The van der Waals surface area contributed by atoms with E-state index >= 15 is 0 Å². The number of aryl methyl sites for hydroxylation is 1. The minimum atomic E-state index is 0.126. The molecule has 0 saturated heterocycles. The molecule has 132 valence electrons. The third-order valence-corrected chi connectivity index (χ3v) is 5.36. The number of hydrogen-bond acceptors (Lipinski definition) is 2. The van der Waals surface area contributed by atoms with Crippen LogP contribution in [-0.4, -0.2) is 7.11 Å². The maximum atomic E-state index is 6.31. The zero-order valence-electron chi connectivity index (χ0n) is 15.4. The second-order valence-electron chi connectivity index (χ2n) is 7.05. The average Bonchev–Trinajstić information content (AvgIpc) is 2.72. The number of fused-ring (bicyclic) bond motifs is 4. The molecule has 0 bridgehead atoms. The summed E-state index contributed by atoms with van der Waals surface area (Å²) in [6, 6.07) is 27.6. The summed E-state index contributed by atoms with van der Waals surface area (Å²) in [4.78, 5) is 0. The minimum Gasteiger partial charge on any atom is -0.497 e. The molecule has 5 rings (SSSR count). The van der Waals surface area contributed by atoms with Crippen LogP contribution in [0.25, 0.3) is 10.8 Å². The van der Waals surface area contributed by atoms with Gasteiger partial charge >= 0.3 is 0 Å².